The molecule has 0 aliphatic heterocycles. The SMILES string of the molecule is CN(Cc1cccc(C#N)c1F)CC1CC1. The van der Waals surface area contributed by atoms with Crippen LogP contribution in [0.1, 0.15) is 24.0 Å². The lowest BCUT2D eigenvalue weighted by molar-refractivity contribution is 0.308. The lowest BCUT2D eigenvalue weighted by atomic mass is 10.1. The Morgan fingerprint density at radius 1 is 1.50 bits per heavy atom. The van der Waals surface area contributed by atoms with Crippen LogP contribution >= 0.6 is 0 Å². The van der Waals surface area contributed by atoms with E-state index in [0.717, 1.165) is 12.5 Å². The fourth-order valence-corrected chi connectivity index (χ4v) is 1.88. The summed E-state index contributed by atoms with van der Waals surface area (Å²) in [6.45, 7) is 1.61. The van der Waals surface area contributed by atoms with Crippen molar-refractivity contribution in [1.82, 2.24) is 4.90 Å². The topological polar surface area (TPSA) is 27.0 Å². The lowest BCUT2D eigenvalue weighted by Gasteiger charge is -2.16. The maximum Gasteiger partial charge on any atom is 0.145 e. The minimum atomic E-state index is -0.368. The predicted molar refractivity (Wildman–Crippen MR) is 60.2 cm³/mol. The van der Waals surface area contributed by atoms with Gasteiger partial charge in [-0.1, -0.05) is 12.1 Å². The molecule has 2 nitrogen and oxygen atoms in total. The van der Waals surface area contributed by atoms with Crippen LogP contribution in [0.15, 0.2) is 18.2 Å². The Morgan fingerprint density at radius 2 is 2.25 bits per heavy atom. The van der Waals surface area contributed by atoms with E-state index in [4.69, 9.17) is 5.26 Å². The Morgan fingerprint density at radius 3 is 2.88 bits per heavy atom. The van der Waals surface area contributed by atoms with Crippen LogP contribution < -0.4 is 0 Å². The molecule has 84 valence electrons. The predicted octanol–water partition coefficient (Wildman–Crippen LogP) is 2.54. The van der Waals surface area contributed by atoms with Gasteiger partial charge in [0.25, 0.3) is 0 Å². The van der Waals surface area contributed by atoms with E-state index >= 15 is 0 Å². The molecule has 1 aromatic carbocycles. The van der Waals surface area contributed by atoms with Crippen LogP contribution in [-0.4, -0.2) is 18.5 Å². The second-order valence-corrected chi connectivity index (χ2v) is 4.53. The van der Waals surface area contributed by atoms with Crippen molar-refractivity contribution < 1.29 is 4.39 Å². The fourth-order valence-electron chi connectivity index (χ4n) is 1.88. The van der Waals surface area contributed by atoms with Crippen LogP contribution in [0.4, 0.5) is 4.39 Å². The van der Waals surface area contributed by atoms with Gasteiger partial charge in [-0.05, 0) is 31.9 Å². The van der Waals surface area contributed by atoms with Gasteiger partial charge in [0.15, 0.2) is 0 Å². The Kier molecular flexibility index (Phi) is 3.21. The Balaban J connectivity index is 2.05. The van der Waals surface area contributed by atoms with Crippen LogP contribution in [0.5, 0.6) is 0 Å². The maximum atomic E-state index is 13.7. The van der Waals surface area contributed by atoms with Crippen molar-refractivity contribution in [2.75, 3.05) is 13.6 Å². The van der Waals surface area contributed by atoms with Crippen LogP contribution in [-0.2, 0) is 6.54 Å². The molecule has 1 aliphatic carbocycles. The fraction of sp³-hybridized carbons (Fsp3) is 0.462. The van der Waals surface area contributed by atoms with Gasteiger partial charge in [-0.25, -0.2) is 4.39 Å². The van der Waals surface area contributed by atoms with Gasteiger partial charge in [0.1, 0.15) is 11.9 Å². The lowest BCUT2D eigenvalue weighted by Crippen LogP contribution is -2.21. The average molecular weight is 218 g/mol. The molecule has 2 rings (SSSR count). The normalized spacial score (nSPS) is 15.1. The molecule has 3 heteroatoms. The third kappa shape index (κ3) is 2.59. The quantitative estimate of drug-likeness (QED) is 0.776. The molecule has 1 fully saturated rings. The highest BCUT2D eigenvalue weighted by atomic mass is 19.1. The van der Waals surface area contributed by atoms with Gasteiger partial charge < -0.3 is 4.90 Å². The maximum absolute atomic E-state index is 13.7. The molecule has 0 radical (unpaired) electrons. The second-order valence-electron chi connectivity index (χ2n) is 4.53. The van der Waals surface area contributed by atoms with Gasteiger partial charge in [-0.15, -0.1) is 0 Å². The van der Waals surface area contributed by atoms with Crippen molar-refractivity contribution in [2.24, 2.45) is 5.92 Å². The zero-order chi connectivity index (χ0) is 11.5. The summed E-state index contributed by atoms with van der Waals surface area (Å²) in [6, 6.07) is 6.87. The molecule has 0 bridgehead atoms. The first kappa shape index (κ1) is 11.1. The summed E-state index contributed by atoms with van der Waals surface area (Å²) >= 11 is 0. The van der Waals surface area contributed by atoms with Gasteiger partial charge in [0.05, 0.1) is 5.56 Å². The van der Waals surface area contributed by atoms with Crippen molar-refractivity contribution in [1.29, 1.82) is 5.26 Å². The Labute approximate surface area is 95.3 Å². The Hall–Kier alpha value is -1.40. The number of hydrogen-bond acceptors (Lipinski definition) is 2. The van der Waals surface area contributed by atoms with Gasteiger partial charge in [0.2, 0.25) is 0 Å². The molecule has 0 atom stereocenters. The smallest absolute Gasteiger partial charge is 0.145 e. The molecule has 1 saturated carbocycles. The summed E-state index contributed by atoms with van der Waals surface area (Å²) in [5.74, 6) is 0.430. The van der Waals surface area contributed by atoms with Crippen LogP contribution in [0.2, 0.25) is 0 Å². The van der Waals surface area contributed by atoms with Gasteiger partial charge in [-0.3, -0.25) is 0 Å². The summed E-state index contributed by atoms with van der Waals surface area (Å²) in [5, 5.41) is 8.73. The molecule has 0 spiro atoms. The van der Waals surface area contributed by atoms with E-state index in [1.54, 1.807) is 12.1 Å². The number of nitriles is 1. The number of rotatable bonds is 4. The minimum Gasteiger partial charge on any atom is -0.302 e. The molecule has 0 aromatic heterocycles. The third-order valence-corrected chi connectivity index (χ3v) is 2.91. The molecule has 0 amide bonds. The zero-order valence-electron chi connectivity index (χ0n) is 9.41. The Bertz CT molecular complexity index is 418. The summed E-state index contributed by atoms with van der Waals surface area (Å²) in [4.78, 5) is 2.12. The number of hydrogen-bond donors (Lipinski definition) is 0. The molecular formula is C13H15FN2. The highest BCUT2D eigenvalue weighted by molar-refractivity contribution is 5.34. The van der Waals surface area contributed by atoms with Crippen LogP contribution in [0.25, 0.3) is 0 Å². The average Bonchev–Trinajstić information content (AvgIpc) is 3.05. The van der Waals surface area contributed by atoms with E-state index < -0.39 is 0 Å². The molecule has 1 aromatic rings. The van der Waals surface area contributed by atoms with Gasteiger partial charge in [0, 0.05) is 18.7 Å². The molecule has 0 N–H and O–H groups in total. The number of nitrogens with zero attached hydrogens (tertiary/aromatic N) is 2. The summed E-state index contributed by atoms with van der Waals surface area (Å²) in [5.41, 5.74) is 0.750. The van der Waals surface area contributed by atoms with Crippen molar-refractivity contribution in [3.8, 4) is 6.07 Å². The first-order chi connectivity index (χ1) is 7.70. The van der Waals surface area contributed by atoms with Crippen molar-refractivity contribution in [3.05, 3.63) is 35.1 Å². The van der Waals surface area contributed by atoms with Crippen LogP contribution in [0, 0.1) is 23.1 Å². The zero-order valence-corrected chi connectivity index (χ0v) is 9.41. The summed E-state index contributed by atoms with van der Waals surface area (Å²) in [7, 11) is 2.00. The largest absolute Gasteiger partial charge is 0.302 e. The van der Waals surface area contributed by atoms with E-state index in [9.17, 15) is 4.39 Å². The van der Waals surface area contributed by atoms with Gasteiger partial charge >= 0.3 is 0 Å². The standard InChI is InChI=1S/C13H15FN2/c1-16(8-10-5-6-10)9-12-4-2-3-11(7-15)13(12)14/h2-4,10H,5-6,8-9H2,1H3. The van der Waals surface area contributed by atoms with E-state index in [0.29, 0.717) is 12.1 Å². The molecular weight excluding hydrogens is 203 g/mol. The van der Waals surface area contributed by atoms with E-state index in [-0.39, 0.29) is 11.4 Å². The monoisotopic (exact) mass is 218 g/mol. The van der Waals surface area contributed by atoms with Crippen LogP contribution in [0.3, 0.4) is 0 Å². The van der Waals surface area contributed by atoms with Crippen molar-refractivity contribution in [3.63, 3.8) is 0 Å². The molecule has 16 heavy (non-hydrogen) atoms. The summed E-state index contributed by atoms with van der Waals surface area (Å²) in [6.07, 6.45) is 2.59. The van der Waals surface area contributed by atoms with Crippen molar-refractivity contribution >= 4 is 0 Å². The van der Waals surface area contributed by atoms with Gasteiger partial charge in [-0.2, -0.15) is 5.26 Å². The highest BCUT2D eigenvalue weighted by Crippen LogP contribution is 2.29. The molecule has 0 heterocycles. The number of halogens is 1. The first-order valence-electron chi connectivity index (χ1n) is 5.56. The van der Waals surface area contributed by atoms with E-state index in [2.05, 4.69) is 4.90 Å². The molecule has 0 unspecified atom stereocenters. The molecule has 0 saturated heterocycles. The molecule has 1 aliphatic rings. The highest BCUT2D eigenvalue weighted by Gasteiger charge is 2.23. The summed E-state index contributed by atoms with van der Waals surface area (Å²) < 4.78 is 13.7. The third-order valence-electron chi connectivity index (χ3n) is 2.91. The van der Waals surface area contributed by atoms with E-state index in [1.807, 2.05) is 13.1 Å². The first-order valence-corrected chi connectivity index (χ1v) is 5.56. The minimum absolute atomic E-state index is 0.136. The van der Waals surface area contributed by atoms with Crippen molar-refractivity contribution in [2.45, 2.75) is 19.4 Å². The second kappa shape index (κ2) is 4.63. The van der Waals surface area contributed by atoms with E-state index in [1.165, 1.54) is 18.9 Å². The number of benzene rings is 1.